The normalized spacial score (nSPS) is 14.0. The fourth-order valence-electron chi connectivity index (χ4n) is 2.13. The van der Waals surface area contributed by atoms with Crippen LogP contribution in [0.15, 0.2) is 42.7 Å². The Labute approximate surface area is 125 Å². The highest BCUT2D eigenvalue weighted by atomic mass is 16.5. The van der Waals surface area contributed by atoms with E-state index in [-0.39, 0.29) is 0 Å². The van der Waals surface area contributed by atoms with Crippen LogP contribution in [0.2, 0.25) is 0 Å². The third-order valence-electron chi connectivity index (χ3n) is 3.55. The SMILES string of the molecule is COc1ccc(CNC2CC2)c(OCc2cccnc2)c1. The van der Waals surface area contributed by atoms with Crippen molar-refractivity contribution in [3.63, 3.8) is 0 Å². The molecule has 2 aromatic rings. The second-order valence-electron chi connectivity index (χ2n) is 5.28. The number of hydrogen-bond acceptors (Lipinski definition) is 4. The molecule has 21 heavy (non-hydrogen) atoms. The minimum Gasteiger partial charge on any atom is -0.497 e. The van der Waals surface area contributed by atoms with Gasteiger partial charge >= 0.3 is 0 Å². The predicted octanol–water partition coefficient (Wildman–Crippen LogP) is 2.92. The van der Waals surface area contributed by atoms with Crippen molar-refractivity contribution < 1.29 is 9.47 Å². The zero-order valence-corrected chi connectivity index (χ0v) is 12.2. The summed E-state index contributed by atoms with van der Waals surface area (Å²) in [5, 5.41) is 3.52. The van der Waals surface area contributed by atoms with E-state index in [1.807, 2.05) is 30.5 Å². The first-order valence-electron chi connectivity index (χ1n) is 7.27. The van der Waals surface area contributed by atoms with Gasteiger partial charge in [0.1, 0.15) is 18.1 Å². The van der Waals surface area contributed by atoms with Gasteiger partial charge in [-0.05, 0) is 25.0 Å². The summed E-state index contributed by atoms with van der Waals surface area (Å²) in [6, 6.07) is 10.6. The molecule has 1 aliphatic carbocycles. The number of methoxy groups -OCH3 is 1. The number of aromatic nitrogens is 1. The number of nitrogens with one attached hydrogen (secondary N) is 1. The van der Waals surface area contributed by atoms with Crippen molar-refractivity contribution in [2.75, 3.05) is 7.11 Å². The van der Waals surface area contributed by atoms with Gasteiger partial charge in [0.2, 0.25) is 0 Å². The Morgan fingerprint density at radius 2 is 2.19 bits per heavy atom. The largest absolute Gasteiger partial charge is 0.497 e. The predicted molar refractivity (Wildman–Crippen MR) is 81.4 cm³/mol. The second kappa shape index (κ2) is 6.59. The molecule has 1 N–H and O–H groups in total. The number of ether oxygens (including phenoxy) is 2. The molecule has 4 heteroatoms. The van der Waals surface area contributed by atoms with Crippen molar-refractivity contribution in [1.29, 1.82) is 0 Å². The topological polar surface area (TPSA) is 43.4 Å². The van der Waals surface area contributed by atoms with Gasteiger partial charge in [-0.1, -0.05) is 12.1 Å². The van der Waals surface area contributed by atoms with E-state index in [4.69, 9.17) is 9.47 Å². The lowest BCUT2D eigenvalue weighted by atomic mass is 10.2. The first-order valence-corrected chi connectivity index (χ1v) is 7.27. The highest BCUT2D eigenvalue weighted by Crippen LogP contribution is 2.27. The zero-order chi connectivity index (χ0) is 14.5. The number of rotatable bonds is 7. The minimum absolute atomic E-state index is 0.511. The maximum Gasteiger partial charge on any atom is 0.127 e. The molecule has 0 aliphatic heterocycles. The van der Waals surface area contributed by atoms with Gasteiger partial charge in [0, 0.05) is 42.2 Å². The molecule has 1 fully saturated rings. The molecule has 0 unspecified atom stereocenters. The summed E-state index contributed by atoms with van der Waals surface area (Å²) in [6.07, 6.45) is 6.15. The average molecular weight is 284 g/mol. The van der Waals surface area contributed by atoms with Gasteiger partial charge in [-0.15, -0.1) is 0 Å². The molecular weight excluding hydrogens is 264 g/mol. The molecular formula is C17H20N2O2. The quantitative estimate of drug-likeness (QED) is 0.849. The maximum atomic E-state index is 5.96. The lowest BCUT2D eigenvalue weighted by molar-refractivity contribution is 0.299. The van der Waals surface area contributed by atoms with Crippen LogP contribution in [0.3, 0.4) is 0 Å². The zero-order valence-electron chi connectivity index (χ0n) is 12.2. The summed E-state index contributed by atoms with van der Waals surface area (Å²) >= 11 is 0. The third kappa shape index (κ3) is 3.95. The number of pyridine rings is 1. The molecule has 110 valence electrons. The standard InChI is InChI=1S/C17H20N2O2/c1-20-16-7-4-14(11-19-15-5-6-15)17(9-16)21-12-13-3-2-8-18-10-13/h2-4,7-10,15,19H,5-6,11-12H2,1H3. The Morgan fingerprint density at radius 1 is 1.29 bits per heavy atom. The van der Waals surface area contributed by atoms with E-state index < -0.39 is 0 Å². The van der Waals surface area contributed by atoms with E-state index in [9.17, 15) is 0 Å². The second-order valence-corrected chi connectivity index (χ2v) is 5.28. The molecule has 3 rings (SSSR count). The summed E-state index contributed by atoms with van der Waals surface area (Å²) in [6.45, 7) is 1.34. The summed E-state index contributed by atoms with van der Waals surface area (Å²) in [5.41, 5.74) is 2.22. The molecule has 1 aromatic carbocycles. The Hall–Kier alpha value is -2.07. The van der Waals surface area contributed by atoms with Gasteiger partial charge in [0.05, 0.1) is 7.11 Å². The molecule has 0 bridgehead atoms. The maximum absolute atomic E-state index is 5.96. The molecule has 1 saturated carbocycles. The van der Waals surface area contributed by atoms with Crippen LogP contribution in [-0.2, 0) is 13.2 Å². The van der Waals surface area contributed by atoms with E-state index in [0.717, 1.165) is 29.2 Å². The Kier molecular flexibility index (Phi) is 4.36. The number of benzene rings is 1. The highest BCUT2D eigenvalue weighted by molar-refractivity contribution is 5.41. The summed E-state index contributed by atoms with van der Waals surface area (Å²) < 4.78 is 11.2. The molecule has 0 radical (unpaired) electrons. The van der Waals surface area contributed by atoms with Crippen LogP contribution in [0.25, 0.3) is 0 Å². The van der Waals surface area contributed by atoms with Crippen molar-refractivity contribution in [3.8, 4) is 11.5 Å². The fraction of sp³-hybridized carbons (Fsp3) is 0.353. The van der Waals surface area contributed by atoms with Crippen molar-refractivity contribution in [3.05, 3.63) is 53.9 Å². The van der Waals surface area contributed by atoms with Crippen LogP contribution >= 0.6 is 0 Å². The van der Waals surface area contributed by atoms with Crippen molar-refractivity contribution in [1.82, 2.24) is 10.3 Å². The van der Waals surface area contributed by atoms with Crippen molar-refractivity contribution in [2.45, 2.75) is 32.0 Å². The smallest absolute Gasteiger partial charge is 0.127 e. The number of nitrogens with zero attached hydrogens (tertiary/aromatic N) is 1. The molecule has 0 spiro atoms. The van der Waals surface area contributed by atoms with E-state index in [1.54, 1.807) is 13.3 Å². The third-order valence-corrected chi connectivity index (χ3v) is 3.55. The molecule has 4 nitrogen and oxygen atoms in total. The lowest BCUT2D eigenvalue weighted by Crippen LogP contribution is -2.16. The Morgan fingerprint density at radius 3 is 2.90 bits per heavy atom. The van der Waals surface area contributed by atoms with Crippen molar-refractivity contribution in [2.24, 2.45) is 0 Å². The molecule has 0 saturated heterocycles. The van der Waals surface area contributed by atoms with Crippen LogP contribution in [0, 0.1) is 0 Å². The van der Waals surface area contributed by atoms with Crippen LogP contribution in [0.1, 0.15) is 24.0 Å². The lowest BCUT2D eigenvalue weighted by Gasteiger charge is -2.13. The Balaban J connectivity index is 1.70. The van der Waals surface area contributed by atoms with E-state index in [2.05, 4.69) is 16.4 Å². The molecule has 1 aromatic heterocycles. The van der Waals surface area contributed by atoms with Crippen LogP contribution in [0.4, 0.5) is 0 Å². The summed E-state index contributed by atoms with van der Waals surface area (Å²) in [5.74, 6) is 1.68. The fourth-order valence-corrected chi connectivity index (χ4v) is 2.13. The van der Waals surface area contributed by atoms with Gasteiger partial charge in [-0.25, -0.2) is 0 Å². The summed E-state index contributed by atoms with van der Waals surface area (Å²) in [7, 11) is 1.67. The first-order chi connectivity index (χ1) is 10.3. The van der Waals surface area contributed by atoms with Gasteiger partial charge in [-0.2, -0.15) is 0 Å². The minimum atomic E-state index is 0.511. The summed E-state index contributed by atoms with van der Waals surface area (Å²) in [4.78, 5) is 4.10. The molecule has 1 heterocycles. The van der Waals surface area contributed by atoms with Gasteiger partial charge < -0.3 is 14.8 Å². The number of hydrogen-bond donors (Lipinski definition) is 1. The van der Waals surface area contributed by atoms with E-state index in [0.29, 0.717) is 12.6 Å². The van der Waals surface area contributed by atoms with Gasteiger partial charge in [-0.3, -0.25) is 4.98 Å². The average Bonchev–Trinajstić information content (AvgIpc) is 3.36. The molecule has 0 atom stereocenters. The molecule has 1 aliphatic rings. The van der Waals surface area contributed by atoms with Gasteiger partial charge in [0.25, 0.3) is 0 Å². The monoisotopic (exact) mass is 284 g/mol. The van der Waals surface area contributed by atoms with E-state index >= 15 is 0 Å². The van der Waals surface area contributed by atoms with Crippen LogP contribution in [0.5, 0.6) is 11.5 Å². The Bertz CT molecular complexity index is 583. The van der Waals surface area contributed by atoms with Crippen LogP contribution < -0.4 is 14.8 Å². The van der Waals surface area contributed by atoms with Crippen molar-refractivity contribution >= 4 is 0 Å². The van der Waals surface area contributed by atoms with Crippen LogP contribution in [-0.4, -0.2) is 18.1 Å². The molecule has 0 amide bonds. The first kappa shape index (κ1) is 13.9. The van der Waals surface area contributed by atoms with Gasteiger partial charge in [0.15, 0.2) is 0 Å². The highest BCUT2D eigenvalue weighted by Gasteiger charge is 2.20. The van der Waals surface area contributed by atoms with E-state index in [1.165, 1.54) is 12.8 Å².